The highest BCUT2D eigenvalue weighted by Crippen LogP contribution is 2.36. The van der Waals surface area contributed by atoms with Gasteiger partial charge in [-0.15, -0.1) is 11.3 Å². The molecule has 0 aliphatic carbocycles. The monoisotopic (exact) mass is 452 g/mol. The van der Waals surface area contributed by atoms with E-state index in [1.54, 1.807) is 29.6 Å². The molecule has 0 aliphatic rings. The summed E-state index contributed by atoms with van der Waals surface area (Å²) in [6.45, 7) is -0.532. The average Bonchev–Trinajstić information content (AvgIpc) is 3.33. The molecule has 0 saturated heterocycles. The highest BCUT2D eigenvalue weighted by molar-refractivity contribution is 7.13. The molecule has 4 rings (SSSR count). The molecule has 0 aliphatic heterocycles. The van der Waals surface area contributed by atoms with Crippen molar-refractivity contribution in [1.29, 1.82) is 0 Å². The van der Waals surface area contributed by atoms with Crippen molar-refractivity contribution < 1.29 is 18.0 Å². The molecule has 1 amide bonds. The summed E-state index contributed by atoms with van der Waals surface area (Å²) in [7, 11) is 0. The molecule has 0 saturated carbocycles. The van der Waals surface area contributed by atoms with Crippen LogP contribution in [0.4, 0.5) is 13.2 Å². The molecule has 11 heteroatoms. The molecule has 3 aromatic heterocycles. The largest absolute Gasteiger partial charge is 0.471 e. The number of carbonyl (C=O) groups excluding carboxylic acids is 1. The van der Waals surface area contributed by atoms with Crippen molar-refractivity contribution >= 4 is 34.5 Å². The van der Waals surface area contributed by atoms with Gasteiger partial charge >= 0.3 is 12.1 Å². The highest BCUT2D eigenvalue weighted by Gasteiger charge is 2.38. The Balaban J connectivity index is 1.85. The fourth-order valence-corrected chi connectivity index (χ4v) is 3.82. The van der Waals surface area contributed by atoms with E-state index in [1.165, 1.54) is 15.9 Å². The van der Waals surface area contributed by atoms with Gasteiger partial charge in [-0.05, 0) is 23.6 Å². The van der Waals surface area contributed by atoms with Crippen LogP contribution in [0.2, 0.25) is 5.02 Å². The van der Waals surface area contributed by atoms with Crippen LogP contribution in [-0.2, 0) is 11.3 Å². The van der Waals surface area contributed by atoms with Gasteiger partial charge in [-0.3, -0.25) is 14.7 Å². The lowest BCUT2D eigenvalue weighted by molar-refractivity contribution is -0.173. The molecule has 0 spiro atoms. The summed E-state index contributed by atoms with van der Waals surface area (Å²) in [5.74, 6) is -2.10. The molecular formula is C19H12ClF3N4O2S. The van der Waals surface area contributed by atoms with E-state index in [2.05, 4.69) is 10.1 Å². The fraction of sp³-hybridized carbons (Fsp3) is 0.105. The van der Waals surface area contributed by atoms with Gasteiger partial charge in [-0.25, -0.2) is 9.50 Å². The molecule has 1 aromatic carbocycles. The Labute approximate surface area is 175 Å². The molecule has 3 heterocycles. The second kappa shape index (κ2) is 7.62. The van der Waals surface area contributed by atoms with E-state index in [1.807, 2.05) is 17.5 Å². The number of aromatic amines is 1. The number of amides is 1. The molecule has 0 fully saturated rings. The fourth-order valence-electron chi connectivity index (χ4n) is 2.93. The van der Waals surface area contributed by atoms with Crippen LogP contribution < -0.4 is 10.9 Å². The minimum Gasteiger partial charge on any atom is -0.343 e. The summed E-state index contributed by atoms with van der Waals surface area (Å²) in [5, 5.41) is 7.15. The van der Waals surface area contributed by atoms with Gasteiger partial charge in [0.25, 0.3) is 5.56 Å². The number of hydrogen-bond acceptors (Lipinski definition) is 4. The molecule has 0 unspecified atom stereocenters. The summed E-state index contributed by atoms with van der Waals surface area (Å²) < 4.78 is 38.5. The SMILES string of the molecule is O=C(NCc1cc(=O)n2[nH]c(-c3ccc(Cl)cc3)c(-c3cccs3)c2n1)C(F)(F)F. The molecule has 0 bridgehead atoms. The van der Waals surface area contributed by atoms with E-state index in [4.69, 9.17) is 11.6 Å². The normalized spacial score (nSPS) is 11.7. The van der Waals surface area contributed by atoms with Gasteiger partial charge in [0, 0.05) is 21.5 Å². The number of rotatable bonds is 4. The number of nitrogens with zero attached hydrogens (tertiary/aromatic N) is 2. The van der Waals surface area contributed by atoms with Crippen LogP contribution >= 0.6 is 22.9 Å². The number of aromatic nitrogens is 3. The molecule has 4 aromatic rings. The van der Waals surface area contributed by atoms with Crippen LogP contribution in [-0.4, -0.2) is 26.7 Å². The Kier molecular flexibility index (Phi) is 5.12. The van der Waals surface area contributed by atoms with Gasteiger partial charge in [0.2, 0.25) is 0 Å². The summed E-state index contributed by atoms with van der Waals surface area (Å²) in [6, 6.07) is 11.7. The summed E-state index contributed by atoms with van der Waals surface area (Å²) in [5.41, 5.74) is 1.71. The van der Waals surface area contributed by atoms with Gasteiger partial charge in [-0.1, -0.05) is 29.8 Å². The van der Waals surface area contributed by atoms with Crippen molar-refractivity contribution in [3.05, 3.63) is 68.9 Å². The molecule has 0 atom stereocenters. The standard InChI is InChI=1S/C19H12ClF3N4O2S/c20-11-5-3-10(4-6-11)16-15(13-2-1-7-30-13)17-25-12(8-14(28)27(17)26-16)9-24-18(29)19(21,22)23/h1-8,26H,9H2,(H,24,29). The second-order valence-electron chi connectivity index (χ2n) is 6.27. The maximum atomic E-state index is 12.6. The molecule has 2 N–H and O–H groups in total. The Bertz CT molecular complexity index is 1280. The molecule has 0 radical (unpaired) electrons. The summed E-state index contributed by atoms with van der Waals surface area (Å²) in [4.78, 5) is 28.8. The minimum atomic E-state index is -5.02. The van der Waals surface area contributed by atoms with Crippen LogP contribution in [0.3, 0.4) is 0 Å². The summed E-state index contributed by atoms with van der Waals surface area (Å²) >= 11 is 7.39. The predicted octanol–water partition coefficient (Wildman–Crippen LogP) is 4.25. The average molecular weight is 453 g/mol. The lowest BCUT2D eigenvalue weighted by Gasteiger charge is -2.07. The molecule has 30 heavy (non-hydrogen) atoms. The van der Waals surface area contributed by atoms with Gasteiger partial charge in [0.15, 0.2) is 5.65 Å². The number of nitrogens with one attached hydrogen (secondary N) is 2. The number of benzene rings is 1. The van der Waals surface area contributed by atoms with Crippen molar-refractivity contribution in [2.75, 3.05) is 0 Å². The Hall–Kier alpha value is -3.11. The van der Waals surface area contributed by atoms with Gasteiger partial charge in [0.1, 0.15) is 0 Å². The first-order valence-corrected chi connectivity index (χ1v) is 9.79. The number of H-pyrrole nitrogens is 1. The third-order valence-corrected chi connectivity index (χ3v) is 5.40. The van der Waals surface area contributed by atoms with Crippen molar-refractivity contribution in [2.24, 2.45) is 0 Å². The van der Waals surface area contributed by atoms with Crippen molar-refractivity contribution in [3.8, 4) is 21.7 Å². The zero-order valence-corrected chi connectivity index (χ0v) is 16.5. The Morgan fingerprint density at radius 1 is 1.23 bits per heavy atom. The molecule has 6 nitrogen and oxygen atoms in total. The Morgan fingerprint density at radius 3 is 2.60 bits per heavy atom. The first-order valence-electron chi connectivity index (χ1n) is 8.53. The van der Waals surface area contributed by atoms with Gasteiger partial charge < -0.3 is 5.32 Å². The first kappa shape index (κ1) is 20.2. The molecular weight excluding hydrogens is 441 g/mol. The minimum absolute atomic E-state index is 0.0112. The van der Waals surface area contributed by atoms with E-state index in [-0.39, 0.29) is 11.3 Å². The van der Waals surface area contributed by atoms with Gasteiger partial charge in [0.05, 0.1) is 23.5 Å². The summed E-state index contributed by atoms with van der Waals surface area (Å²) in [6.07, 6.45) is -5.02. The number of thiophene rings is 1. The van der Waals surface area contributed by atoms with E-state index in [0.29, 0.717) is 16.3 Å². The lowest BCUT2D eigenvalue weighted by Crippen LogP contribution is -2.36. The quantitative estimate of drug-likeness (QED) is 0.486. The Morgan fingerprint density at radius 2 is 1.97 bits per heavy atom. The van der Waals surface area contributed by atoms with Crippen molar-refractivity contribution in [2.45, 2.75) is 12.7 Å². The van der Waals surface area contributed by atoms with E-state index in [9.17, 15) is 22.8 Å². The number of fused-ring (bicyclic) bond motifs is 1. The van der Waals surface area contributed by atoms with E-state index < -0.39 is 24.2 Å². The van der Waals surface area contributed by atoms with Crippen LogP contribution in [0.1, 0.15) is 5.69 Å². The van der Waals surface area contributed by atoms with Crippen LogP contribution in [0, 0.1) is 0 Å². The second-order valence-corrected chi connectivity index (χ2v) is 7.66. The van der Waals surface area contributed by atoms with Gasteiger partial charge in [-0.2, -0.15) is 13.2 Å². The first-order chi connectivity index (χ1) is 14.2. The zero-order valence-electron chi connectivity index (χ0n) is 15.0. The van der Waals surface area contributed by atoms with Crippen molar-refractivity contribution in [3.63, 3.8) is 0 Å². The zero-order chi connectivity index (χ0) is 21.5. The number of carbonyl (C=O) groups is 1. The third kappa shape index (κ3) is 3.83. The number of halogens is 4. The topological polar surface area (TPSA) is 79.3 Å². The predicted molar refractivity (Wildman–Crippen MR) is 107 cm³/mol. The van der Waals surface area contributed by atoms with Crippen molar-refractivity contribution in [1.82, 2.24) is 19.9 Å². The number of alkyl halides is 3. The van der Waals surface area contributed by atoms with E-state index >= 15 is 0 Å². The maximum absolute atomic E-state index is 12.6. The van der Waals surface area contributed by atoms with Crippen LogP contribution in [0.15, 0.2) is 52.6 Å². The molecule has 154 valence electrons. The third-order valence-electron chi connectivity index (χ3n) is 4.26. The van der Waals surface area contributed by atoms with E-state index in [0.717, 1.165) is 16.5 Å². The lowest BCUT2D eigenvalue weighted by atomic mass is 10.1. The smallest absolute Gasteiger partial charge is 0.343 e. The maximum Gasteiger partial charge on any atom is 0.471 e. The van der Waals surface area contributed by atoms with Crippen LogP contribution in [0.5, 0.6) is 0 Å². The number of hydrogen-bond donors (Lipinski definition) is 2. The highest BCUT2D eigenvalue weighted by atomic mass is 35.5. The van der Waals surface area contributed by atoms with Crippen LogP contribution in [0.25, 0.3) is 27.3 Å².